The highest BCUT2D eigenvalue weighted by atomic mass is 16.1. The number of aliphatic imine (C=N–C) groups is 1. The van der Waals surface area contributed by atoms with E-state index in [0.29, 0.717) is 0 Å². The molecule has 0 bridgehead atoms. The monoisotopic (exact) mass is 337 g/mol. The van der Waals surface area contributed by atoms with Crippen molar-refractivity contribution in [3.8, 4) is 0 Å². The normalized spacial score (nSPS) is 21.9. The van der Waals surface area contributed by atoms with Gasteiger partial charge in [-0.3, -0.25) is 9.79 Å². The van der Waals surface area contributed by atoms with Crippen LogP contribution < -0.4 is 11.1 Å². The number of likely N-dealkylation sites (tertiary alicyclic amines) is 2. The molecular weight excluding hydrogens is 302 g/mol. The van der Waals surface area contributed by atoms with Gasteiger partial charge in [-0.15, -0.1) is 0 Å². The Labute approximate surface area is 146 Å². The van der Waals surface area contributed by atoms with Crippen LogP contribution in [0.4, 0.5) is 0 Å². The summed E-state index contributed by atoms with van der Waals surface area (Å²) in [4.78, 5) is 20.4. The number of hydrogen-bond acceptors (Lipinski definition) is 3. The Morgan fingerprint density at radius 3 is 2.38 bits per heavy atom. The molecule has 2 heterocycles. The Kier molecular flexibility index (Phi) is 7.82. The first kappa shape index (κ1) is 19.0. The zero-order chi connectivity index (χ0) is 17.4. The maximum atomic E-state index is 11.2. The number of amides is 1. The van der Waals surface area contributed by atoms with E-state index >= 15 is 0 Å². The van der Waals surface area contributed by atoms with Gasteiger partial charge in [-0.1, -0.05) is 6.92 Å². The number of nitrogens with two attached hydrogens (primary N) is 1. The molecule has 2 fully saturated rings. The Morgan fingerprint density at radius 2 is 1.79 bits per heavy atom. The minimum absolute atomic E-state index is 0.0958. The van der Waals surface area contributed by atoms with E-state index in [-0.39, 0.29) is 11.8 Å². The van der Waals surface area contributed by atoms with E-state index in [9.17, 15) is 4.79 Å². The van der Waals surface area contributed by atoms with Gasteiger partial charge in [0.05, 0.1) is 0 Å². The number of unbranched alkanes of at least 4 members (excludes halogenated alkanes) is 1. The van der Waals surface area contributed by atoms with Crippen LogP contribution in [-0.2, 0) is 4.79 Å². The van der Waals surface area contributed by atoms with Crippen molar-refractivity contribution in [1.82, 2.24) is 15.1 Å². The van der Waals surface area contributed by atoms with E-state index in [0.717, 1.165) is 70.4 Å². The zero-order valence-electron chi connectivity index (χ0n) is 15.5. The summed E-state index contributed by atoms with van der Waals surface area (Å²) in [6, 6.07) is 0. The minimum Gasteiger partial charge on any atom is -0.369 e. The first-order valence-electron chi connectivity index (χ1n) is 9.57. The fraction of sp³-hybridized carbons (Fsp3) is 0.889. The molecule has 0 radical (unpaired) electrons. The maximum Gasteiger partial charge on any atom is 0.220 e. The largest absolute Gasteiger partial charge is 0.369 e. The molecule has 0 aromatic carbocycles. The van der Waals surface area contributed by atoms with Crippen LogP contribution in [0.25, 0.3) is 0 Å². The second-order valence-electron chi connectivity index (χ2n) is 7.37. The van der Waals surface area contributed by atoms with Gasteiger partial charge in [-0.25, -0.2) is 0 Å². The number of rotatable bonds is 6. The van der Waals surface area contributed by atoms with E-state index in [2.05, 4.69) is 27.0 Å². The van der Waals surface area contributed by atoms with Crippen LogP contribution in [0.2, 0.25) is 0 Å². The number of primary amides is 1. The average molecular weight is 338 g/mol. The molecule has 6 heteroatoms. The van der Waals surface area contributed by atoms with Crippen LogP contribution >= 0.6 is 0 Å². The Balaban J connectivity index is 1.55. The molecule has 0 aliphatic carbocycles. The van der Waals surface area contributed by atoms with Gasteiger partial charge < -0.3 is 20.9 Å². The molecular formula is C18H35N5O. The Morgan fingerprint density at radius 1 is 1.12 bits per heavy atom. The molecule has 0 spiro atoms. The molecule has 2 rings (SSSR count). The van der Waals surface area contributed by atoms with E-state index < -0.39 is 0 Å². The number of guanidine groups is 1. The first-order valence-corrected chi connectivity index (χ1v) is 9.57. The molecule has 2 saturated heterocycles. The third kappa shape index (κ3) is 5.96. The molecule has 0 atom stereocenters. The topological polar surface area (TPSA) is 74.0 Å². The lowest BCUT2D eigenvalue weighted by Crippen LogP contribution is -2.45. The highest BCUT2D eigenvalue weighted by Crippen LogP contribution is 2.17. The summed E-state index contributed by atoms with van der Waals surface area (Å²) >= 11 is 0. The fourth-order valence-electron chi connectivity index (χ4n) is 3.65. The van der Waals surface area contributed by atoms with E-state index in [1.807, 2.05) is 7.05 Å². The van der Waals surface area contributed by atoms with Crippen LogP contribution in [-0.4, -0.2) is 68.0 Å². The molecule has 0 saturated carbocycles. The van der Waals surface area contributed by atoms with Gasteiger partial charge >= 0.3 is 0 Å². The molecule has 138 valence electrons. The lowest BCUT2D eigenvalue weighted by atomic mass is 9.96. The molecule has 24 heavy (non-hydrogen) atoms. The predicted molar refractivity (Wildman–Crippen MR) is 98.9 cm³/mol. The summed E-state index contributed by atoms with van der Waals surface area (Å²) < 4.78 is 0. The minimum atomic E-state index is -0.127. The van der Waals surface area contributed by atoms with Gasteiger partial charge in [0, 0.05) is 32.6 Å². The van der Waals surface area contributed by atoms with E-state index in [4.69, 9.17) is 5.73 Å². The van der Waals surface area contributed by atoms with Gasteiger partial charge in [-0.2, -0.15) is 0 Å². The molecule has 2 aliphatic rings. The number of carbonyl (C=O) groups is 1. The quantitative estimate of drug-likeness (QED) is 0.435. The summed E-state index contributed by atoms with van der Waals surface area (Å²) in [7, 11) is 1.88. The molecule has 2 aliphatic heterocycles. The van der Waals surface area contributed by atoms with Crippen molar-refractivity contribution in [2.24, 2.45) is 22.6 Å². The highest BCUT2D eigenvalue weighted by molar-refractivity contribution is 5.79. The smallest absolute Gasteiger partial charge is 0.220 e. The predicted octanol–water partition coefficient (Wildman–Crippen LogP) is 1.27. The molecule has 1 amide bonds. The van der Waals surface area contributed by atoms with Crippen molar-refractivity contribution in [1.29, 1.82) is 0 Å². The lowest BCUT2D eigenvalue weighted by Gasteiger charge is -2.33. The second kappa shape index (κ2) is 9.87. The van der Waals surface area contributed by atoms with E-state index in [1.165, 1.54) is 19.3 Å². The third-order valence-corrected chi connectivity index (χ3v) is 5.47. The van der Waals surface area contributed by atoms with Crippen molar-refractivity contribution in [3.63, 3.8) is 0 Å². The summed E-state index contributed by atoms with van der Waals surface area (Å²) in [6.45, 7) is 8.69. The van der Waals surface area contributed by atoms with Gasteiger partial charge in [-0.05, 0) is 64.1 Å². The molecule has 3 N–H and O–H groups in total. The SMILES string of the molecule is CN=C(NCCCCN1CCC(C(N)=O)CC1)N1CCC(C)CC1. The zero-order valence-corrected chi connectivity index (χ0v) is 15.5. The highest BCUT2D eigenvalue weighted by Gasteiger charge is 2.22. The third-order valence-electron chi connectivity index (χ3n) is 5.47. The maximum absolute atomic E-state index is 11.2. The Bertz CT molecular complexity index is 410. The molecule has 0 aromatic rings. The van der Waals surface area contributed by atoms with Gasteiger partial charge in [0.1, 0.15) is 0 Å². The summed E-state index contributed by atoms with van der Waals surface area (Å²) in [6.07, 6.45) is 6.71. The number of hydrogen-bond donors (Lipinski definition) is 2. The fourth-order valence-corrected chi connectivity index (χ4v) is 3.65. The first-order chi connectivity index (χ1) is 11.6. The van der Waals surface area contributed by atoms with E-state index in [1.54, 1.807) is 0 Å². The molecule has 6 nitrogen and oxygen atoms in total. The van der Waals surface area contributed by atoms with Crippen LogP contribution in [0.5, 0.6) is 0 Å². The summed E-state index contributed by atoms with van der Waals surface area (Å²) in [5.41, 5.74) is 5.38. The van der Waals surface area contributed by atoms with Crippen LogP contribution in [0.15, 0.2) is 4.99 Å². The van der Waals surface area contributed by atoms with Gasteiger partial charge in [0.25, 0.3) is 0 Å². The summed E-state index contributed by atoms with van der Waals surface area (Å²) in [5.74, 6) is 1.87. The Hall–Kier alpha value is -1.30. The van der Waals surface area contributed by atoms with Crippen molar-refractivity contribution >= 4 is 11.9 Å². The lowest BCUT2D eigenvalue weighted by molar-refractivity contribution is -0.123. The van der Waals surface area contributed by atoms with Gasteiger partial charge in [0.2, 0.25) is 5.91 Å². The molecule has 0 unspecified atom stereocenters. The van der Waals surface area contributed by atoms with Crippen molar-refractivity contribution in [2.75, 3.05) is 46.3 Å². The van der Waals surface area contributed by atoms with Crippen LogP contribution in [0, 0.1) is 11.8 Å². The summed E-state index contributed by atoms with van der Waals surface area (Å²) in [5, 5.41) is 3.51. The number of carbonyl (C=O) groups excluding carboxylic acids is 1. The molecule has 0 aromatic heterocycles. The van der Waals surface area contributed by atoms with Crippen molar-refractivity contribution in [2.45, 2.75) is 45.4 Å². The standard InChI is InChI=1S/C18H35N5O/c1-15-5-13-23(14-6-15)18(20-2)21-9-3-4-10-22-11-7-16(8-12-22)17(19)24/h15-16H,3-14H2,1-2H3,(H2,19,24)(H,20,21). The van der Waals surface area contributed by atoms with Crippen LogP contribution in [0.1, 0.15) is 45.4 Å². The van der Waals surface area contributed by atoms with Crippen molar-refractivity contribution < 1.29 is 4.79 Å². The number of piperidine rings is 2. The number of nitrogens with zero attached hydrogens (tertiary/aromatic N) is 3. The number of nitrogens with one attached hydrogen (secondary N) is 1. The second-order valence-corrected chi connectivity index (χ2v) is 7.37. The van der Waals surface area contributed by atoms with Crippen molar-refractivity contribution in [3.05, 3.63) is 0 Å². The van der Waals surface area contributed by atoms with Gasteiger partial charge in [0.15, 0.2) is 5.96 Å². The van der Waals surface area contributed by atoms with Crippen LogP contribution in [0.3, 0.4) is 0 Å². The average Bonchev–Trinajstić information content (AvgIpc) is 2.59.